The van der Waals surface area contributed by atoms with E-state index in [1.165, 1.54) is 13.2 Å². The third kappa shape index (κ3) is 6.48. The van der Waals surface area contributed by atoms with Gasteiger partial charge in [0.2, 0.25) is 0 Å². The molecule has 1 atom stereocenters. The van der Waals surface area contributed by atoms with E-state index in [9.17, 15) is 9.59 Å². The maximum Gasteiger partial charge on any atom is 0.338 e. The maximum absolute atomic E-state index is 12.1. The zero-order valence-corrected chi connectivity index (χ0v) is 15.0. The fraction of sp³-hybridized carbons (Fsp3) is 0.556. The van der Waals surface area contributed by atoms with Gasteiger partial charge in [-0.3, -0.25) is 4.79 Å². The van der Waals surface area contributed by atoms with Crippen molar-refractivity contribution in [1.82, 2.24) is 5.32 Å². The van der Waals surface area contributed by atoms with Crippen LogP contribution in [0.3, 0.4) is 0 Å². The number of carbonyl (C=O) groups excluding carboxylic acids is 2. The van der Waals surface area contributed by atoms with Crippen LogP contribution in [-0.4, -0.2) is 37.7 Å². The Bertz CT molecular complexity index is 556. The second-order valence-corrected chi connectivity index (χ2v) is 5.87. The number of methoxy groups -OCH3 is 1. The molecular formula is C18H27NO5. The van der Waals surface area contributed by atoms with Crippen LogP contribution < -0.4 is 14.8 Å². The number of hydrogen-bond acceptors (Lipinski definition) is 5. The molecule has 0 aromatic heterocycles. The van der Waals surface area contributed by atoms with E-state index in [4.69, 9.17) is 14.2 Å². The summed E-state index contributed by atoms with van der Waals surface area (Å²) >= 11 is 0. The SMILES string of the molecule is CCCC(C)NC(=O)COC(=O)c1ccc(OC(C)C)c(OC)c1. The molecule has 0 aliphatic carbocycles. The van der Waals surface area contributed by atoms with Crippen molar-refractivity contribution in [2.75, 3.05) is 13.7 Å². The molecule has 6 heteroatoms. The number of esters is 1. The average molecular weight is 337 g/mol. The summed E-state index contributed by atoms with van der Waals surface area (Å²) in [4.78, 5) is 23.8. The molecule has 134 valence electrons. The van der Waals surface area contributed by atoms with Crippen LogP contribution in [-0.2, 0) is 9.53 Å². The van der Waals surface area contributed by atoms with E-state index in [1.54, 1.807) is 12.1 Å². The highest BCUT2D eigenvalue weighted by Gasteiger charge is 2.15. The molecule has 0 fully saturated rings. The molecule has 6 nitrogen and oxygen atoms in total. The van der Waals surface area contributed by atoms with Gasteiger partial charge in [-0.25, -0.2) is 4.79 Å². The Hall–Kier alpha value is -2.24. The summed E-state index contributed by atoms with van der Waals surface area (Å²) in [7, 11) is 1.50. The molecule has 1 unspecified atom stereocenters. The fourth-order valence-electron chi connectivity index (χ4n) is 2.18. The minimum absolute atomic E-state index is 0.00879. The lowest BCUT2D eigenvalue weighted by Crippen LogP contribution is -2.35. The summed E-state index contributed by atoms with van der Waals surface area (Å²) in [6.07, 6.45) is 1.85. The van der Waals surface area contributed by atoms with E-state index in [0.717, 1.165) is 12.8 Å². The molecule has 1 rings (SSSR count). The number of amides is 1. The first-order valence-corrected chi connectivity index (χ1v) is 8.18. The first-order chi connectivity index (χ1) is 11.4. The van der Waals surface area contributed by atoms with Crippen molar-refractivity contribution in [2.45, 2.75) is 52.7 Å². The Labute approximate surface area is 143 Å². The van der Waals surface area contributed by atoms with Crippen LogP contribution in [0.4, 0.5) is 0 Å². The van der Waals surface area contributed by atoms with Gasteiger partial charge >= 0.3 is 5.97 Å². The molecular weight excluding hydrogens is 310 g/mol. The van der Waals surface area contributed by atoms with Crippen LogP contribution in [0.1, 0.15) is 50.9 Å². The van der Waals surface area contributed by atoms with Crippen molar-refractivity contribution in [3.05, 3.63) is 23.8 Å². The van der Waals surface area contributed by atoms with Crippen molar-refractivity contribution in [3.8, 4) is 11.5 Å². The normalized spacial score (nSPS) is 11.8. The standard InChI is InChI=1S/C18H27NO5/c1-6-7-13(4)19-17(20)11-23-18(21)14-8-9-15(24-12(2)3)16(10-14)22-5/h8-10,12-13H,6-7,11H2,1-5H3,(H,19,20). The summed E-state index contributed by atoms with van der Waals surface area (Å²) in [6, 6.07) is 4.84. The molecule has 0 saturated carbocycles. The lowest BCUT2D eigenvalue weighted by Gasteiger charge is -2.15. The minimum atomic E-state index is -0.581. The first-order valence-electron chi connectivity index (χ1n) is 8.18. The summed E-state index contributed by atoms with van der Waals surface area (Å²) in [6.45, 7) is 7.46. The minimum Gasteiger partial charge on any atom is -0.493 e. The van der Waals surface area contributed by atoms with E-state index >= 15 is 0 Å². The third-order valence-electron chi connectivity index (χ3n) is 3.23. The summed E-state index contributed by atoms with van der Waals surface area (Å²) in [5.74, 6) is 0.105. The number of hydrogen-bond donors (Lipinski definition) is 1. The second-order valence-electron chi connectivity index (χ2n) is 5.87. The number of ether oxygens (including phenoxy) is 3. The summed E-state index contributed by atoms with van der Waals surface area (Å²) in [5, 5.41) is 2.78. The Balaban J connectivity index is 2.63. The highest BCUT2D eigenvalue weighted by Crippen LogP contribution is 2.29. The van der Waals surface area contributed by atoms with Crippen molar-refractivity contribution in [2.24, 2.45) is 0 Å². The highest BCUT2D eigenvalue weighted by molar-refractivity contribution is 5.92. The number of benzene rings is 1. The van der Waals surface area contributed by atoms with Crippen LogP contribution in [0.5, 0.6) is 11.5 Å². The maximum atomic E-state index is 12.1. The molecule has 0 aliphatic rings. The van der Waals surface area contributed by atoms with Crippen LogP contribution in [0.2, 0.25) is 0 Å². The predicted octanol–water partition coefficient (Wildman–Crippen LogP) is 2.94. The van der Waals surface area contributed by atoms with Gasteiger partial charge in [0.1, 0.15) is 0 Å². The van der Waals surface area contributed by atoms with E-state index < -0.39 is 5.97 Å². The third-order valence-corrected chi connectivity index (χ3v) is 3.23. The Morgan fingerprint density at radius 3 is 2.46 bits per heavy atom. The van der Waals surface area contributed by atoms with Crippen molar-refractivity contribution in [3.63, 3.8) is 0 Å². The summed E-state index contributed by atoms with van der Waals surface area (Å²) < 4.78 is 15.9. The van der Waals surface area contributed by atoms with Crippen molar-refractivity contribution >= 4 is 11.9 Å². The molecule has 1 N–H and O–H groups in total. The van der Waals surface area contributed by atoms with Gasteiger partial charge in [0.15, 0.2) is 18.1 Å². The van der Waals surface area contributed by atoms with Gasteiger partial charge in [-0.1, -0.05) is 13.3 Å². The smallest absolute Gasteiger partial charge is 0.338 e. The number of carbonyl (C=O) groups is 2. The zero-order chi connectivity index (χ0) is 18.1. The van der Waals surface area contributed by atoms with E-state index in [2.05, 4.69) is 5.32 Å². The lowest BCUT2D eigenvalue weighted by atomic mass is 10.2. The van der Waals surface area contributed by atoms with Gasteiger partial charge in [0, 0.05) is 6.04 Å². The topological polar surface area (TPSA) is 73.9 Å². The molecule has 0 radical (unpaired) electrons. The van der Waals surface area contributed by atoms with Gasteiger partial charge in [-0.2, -0.15) is 0 Å². The van der Waals surface area contributed by atoms with Crippen molar-refractivity contribution in [1.29, 1.82) is 0 Å². The van der Waals surface area contributed by atoms with E-state index in [-0.39, 0.29) is 24.7 Å². The van der Waals surface area contributed by atoms with E-state index in [0.29, 0.717) is 17.1 Å². The predicted molar refractivity (Wildman–Crippen MR) is 91.6 cm³/mol. The van der Waals surface area contributed by atoms with Gasteiger partial charge in [-0.05, 0) is 45.4 Å². The second kappa shape index (κ2) is 9.80. The molecule has 0 spiro atoms. The quantitative estimate of drug-likeness (QED) is 0.701. The monoisotopic (exact) mass is 337 g/mol. The molecule has 0 heterocycles. The molecule has 1 amide bonds. The Morgan fingerprint density at radius 1 is 1.17 bits per heavy atom. The molecule has 0 saturated heterocycles. The lowest BCUT2D eigenvalue weighted by molar-refractivity contribution is -0.124. The van der Waals surface area contributed by atoms with Gasteiger partial charge in [0.05, 0.1) is 18.8 Å². The highest BCUT2D eigenvalue weighted by atomic mass is 16.5. The Kier molecular flexibility index (Phi) is 8.09. The zero-order valence-electron chi connectivity index (χ0n) is 15.0. The largest absolute Gasteiger partial charge is 0.493 e. The van der Waals surface area contributed by atoms with Gasteiger partial charge < -0.3 is 19.5 Å². The molecule has 24 heavy (non-hydrogen) atoms. The van der Waals surface area contributed by atoms with E-state index in [1.807, 2.05) is 27.7 Å². The molecule has 1 aromatic rings. The van der Waals surface area contributed by atoms with Crippen molar-refractivity contribution < 1.29 is 23.8 Å². The molecule has 0 bridgehead atoms. The fourth-order valence-corrected chi connectivity index (χ4v) is 2.18. The Morgan fingerprint density at radius 2 is 1.88 bits per heavy atom. The molecule has 0 aliphatic heterocycles. The number of rotatable bonds is 9. The van der Waals surface area contributed by atoms with Crippen LogP contribution in [0.25, 0.3) is 0 Å². The summed E-state index contributed by atoms with van der Waals surface area (Å²) in [5.41, 5.74) is 0.303. The average Bonchev–Trinajstić information content (AvgIpc) is 2.52. The van der Waals surface area contributed by atoms with Gasteiger partial charge in [0.25, 0.3) is 5.91 Å². The van der Waals surface area contributed by atoms with Crippen LogP contribution in [0, 0.1) is 0 Å². The van der Waals surface area contributed by atoms with Crippen LogP contribution >= 0.6 is 0 Å². The first kappa shape index (κ1) is 19.8. The number of nitrogens with one attached hydrogen (secondary N) is 1. The van der Waals surface area contributed by atoms with Gasteiger partial charge in [-0.15, -0.1) is 0 Å². The molecule has 1 aromatic carbocycles. The van der Waals surface area contributed by atoms with Crippen LogP contribution in [0.15, 0.2) is 18.2 Å².